The zero-order valence-electron chi connectivity index (χ0n) is 16.8. The summed E-state index contributed by atoms with van der Waals surface area (Å²) in [6.45, 7) is 5.89. The Labute approximate surface area is 168 Å². The molecule has 6 atom stereocenters. The van der Waals surface area contributed by atoms with Crippen molar-refractivity contribution in [2.75, 3.05) is 0 Å². The number of rotatable bonds is 12. The van der Waals surface area contributed by atoms with Crippen LogP contribution in [0.5, 0.6) is 0 Å². The monoisotopic (exact) mass is 418 g/mol. The predicted octanol–water partition coefficient (Wildman–Crippen LogP) is -2.23. The maximum Gasteiger partial charge on any atom is 0.325 e. The molecule has 0 saturated carbocycles. The van der Waals surface area contributed by atoms with E-state index < -0.39 is 72.3 Å². The number of nitrogens with two attached hydrogens (primary N) is 1. The Hall–Kier alpha value is -2.73. The molecule has 29 heavy (non-hydrogen) atoms. The van der Waals surface area contributed by atoms with Gasteiger partial charge in [-0.2, -0.15) is 0 Å². The molecule has 0 aromatic heterocycles. The molecule has 0 radical (unpaired) electrons. The SMILES string of the molecule is CCC(C)C(NC(=O)C(CC(=O)O)NC(=O)C(N)C(C)O)C(=O)NC(C)C(=O)O. The van der Waals surface area contributed by atoms with Crippen molar-refractivity contribution < 1.29 is 39.3 Å². The van der Waals surface area contributed by atoms with Gasteiger partial charge in [0.15, 0.2) is 0 Å². The Balaban J connectivity index is 5.45. The number of hydrogen-bond donors (Lipinski definition) is 7. The van der Waals surface area contributed by atoms with E-state index in [1.165, 1.54) is 13.8 Å². The Morgan fingerprint density at radius 2 is 1.45 bits per heavy atom. The van der Waals surface area contributed by atoms with Gasteiger partial charge in [-0.1, -0.05) is 20.3 Å². The minimum absolute atomic E-state index is 0.416. The molecule has 0 saturated heterocycles. The van der Waals surface area contributed by atoms with E-state index in [1.807, 2.05) is 0 Å². The summed E-state index contributed by atoms with van der Waals surface area (Å²) < 4.78 is 0. The van der Waals surface area contributed by atoms with E-state index in [-0.39, 0.29) is 0 Å². The van der Waals surface area contributed by atoms with Crippen LogP contribution in [0, 0.1) is 5.92 Å². The average molecular weight is 418 g/mol. The molecule has 166 valence electrons. The van der Waals surface area contributed by atoms with Crippen molar-refractivity contribution in [3.63, 3.8) is 0 Å². The van der Waals surface area contributed by atoms with Gasteiger partial charge in [0.05, 0.1) is 12.5 Å². The Bertz CT molecular complexity index is 625. The molecule has 0 bridgehead atoms. The molecular formula is C17H30N4O8. The van der Waals surface area contributed by atoms with E-state index in [1.54, 1.807) is 13.8 Å². The van der Waals surface area contributed by atoms with Crippen molar-refractivity contribution in [1.29, 1.82) is 0 Å². The quantitative estimate of drug-likeness (QED) is 0.183. The van der Waals surface area contributed by atoms with Crippen LogP contribution >= 0.6 is 0 Å². The maximum atomic E-state index is 12.6. The number of carboxylic acid groups (broad SMARTS) is 2. The third kappa shape index (κ3) is 8.87. The van der Waals surface area contributed by atoms with Crippen molar-refractivity contribution in [2.24, 2.45) is 11.7 Å². The van der Waals surface area contributed by atoms with Gasteiger partial charge < -0.3 is 37.0 Å². The molecule has 0 aliphatic carbocycles. The lowest BCUT2D eigenvalue weighted by atomic mass is 9.97. The van der Waals surface area contributed by atoms with E-state index in [0.717, 1.165) is 0 Å². The first kappa shape index (κ1) is 26.3. The number of carboxylic acids is 2. The van der Waals surface area contributed by atoms with Crippen molar-refractivity contribution in [1.82, 2.24) is 16.0 Å². The summed E-state index contributed by atoms with van der Waals surface area (Å²) in [5.74, 6) is -5.73. The number of carbonyl (C=O) groups is 5. The number of carbonyl (C=O) groups excluding carboxylic acids is 3. The van der Waals surface area contributed by atoms with Crippen LogP contribution in [0.15, 0.2) is 0 Å². The Morgan fingerprint density at radius 3 is 1.86 bits per heavy atom. The van der Waals surface area contributed by atoms with Crippen LogP contribution in [0.4, 0.5) is 0 Å². The second kappa shape index (κ2) is 12.0. The minimum Gasteiger partial charge on any atom is -0.481 e. The molecule has 12 nitrogen and oxygen atoms in total. The number of aliphatic hydroxyl groups excluding tert-OH is 1. The molecule has 0 aromatic carbocycles. The molecule has 12 heteroatoms. The van der Waals surface area contributed by atoms with Crippen LogP contribution in [0.1, 0.15) is 40.5 Å². The topological polar surface area (TPSA) is 208 Å². The van der Waals surface area contributed by atoms with Crippen LogP contribution in [0.25, 0.3) is 0 Å². The first-order valence-corrected chi connectivity index (χ1v) is 9.11. The largest absolute Gasteiger partial charge is 0.481 e. The Kier molecular flexibility index (Phi) is 10.8. The summed E-state index contributed by atoms with van der Waals surface area (Å²) in [5, 5.41) is 34.1. The van der Waals surface area contributed by atoms with Gasteiger partial charge in [0.2, 0.25) is 17.7 Å². The fraction of sp³-hybridized carbons (Fsp3) is 0.706. The predicted molar refractivity (Wildman–Crippen MR) is 100 cm³/mol. The van der Waals surface area contributed by atoms with Gasteiger partial charge in [-0.15, -0.1) is 0 Å². The molecule has 0 fully saturated rings. The van der Waals surface area contributed by atoms with E-state index in [2.05, 4.69) is 16.0 Å². The zero-order chi connectivity index (χ0) is 22.9. The summed E-state index contributed by atoms with van der Waals surface area (Å²) in [7, 11) is 0. The third-order valence-electron chi connectivity index (χ3n) is 4.36. The molecule has 0 spiro atoms. The third-order valence-corrected chi connectivity index (χ3v) is 4.36. The standard InChI is InChI=1S/C17H30N4O8/c1-5-7(2)13(16(27)19-8(3)17(28)29)21-14(25)10(6-11(23)24)20-15(26)12(18)9(4)22/h7-10,12-13,22H,5-6,18H2,1-4H3,(H,19,27)(H,20,26)(H,21,25)(H,23,24)(H,28,29). The Morgan fingerprint density at radius 1 is 0.897 bits per heavy atom. The van der Waals surface area contributed by atoms with E-state index in [0.29, 0.717) is 6.42 Å². The van der Waals surface area contributed by atoms with Crippen LogP contribution < -0.4 is 21.7 Å². The number of aliphatic hydroxyl groups is 1. The van der Waals surface area contributed by atoms with Gasteiger partial charge in [-0.05, 0) is 19.8 Å². The highest BCUT2D eigenvalue weighted by molar-refractivity contribution is 5.95. The number of aliphatic carboxylic acids is 2. The average Bonchev–Trinajstić information content (AvgIpc) is 2.62. The van der Waals surface area contributed by atoms with E-state index in [9.17, 15) is 29.1 Å². The lowest BCUT2D eigenvalue weighted by Crippen LogP contribution is -2.59. The van der Waals surface area contributed by atoms with Crippen LogP contribution in [0.2, 0.25) is 0 Å². The minimum atomic E-state index is -1.55. The number of amides is 3. The van der Waals surface area contributed by atoms with Crippen LogP contribution in [-0.2, 0) is 24.0 Å². The number of nitrogens with one attached hydrogen (secondary N) is 3. The molecule has 0 aliphatic rings. The summed E-state index contributed by atoms with van der Waals surface area (Å²) >= 11 is 0. The lowest BCUT2D eigenvalue weighted by molar-refractivity contribution is -0.143. The second-order valence-corrected chi connectivity index (χ2v) is 6.87. The molecule has 0 rings (SSSR count). The summed E-state index contributed by atoms with van der Waals surface area (Å²) in [5.41, 5.74) is 5.48. The summed E-state index contributed by atoms with van der Waals surface area (Å²) in [6, 6.07) is -5.30. The van der Waals surface area contributed by atoms with Gasteiger partial charge >= 0.3 is 11.9 Å². The molecule has 0 aromatic rings. The first-order chi connectivity index (χ1) is 13.3. The van der Waals surface area contributed by atoms with E-state index in [4.69, 9.17) is 15.9 Å². The van der Waals surface area contributed by atoms with E-state index >= 15 is 0 Å². The molecule has 6 unspecified atom stereocenters. The van der Waals surface area contributed by atoms with Crippen LogP contribution in [-0.4, -0.2) is 75.3 Å². The van der Waals surface area contributed by atoms with Gasteiger partial charge in [0.25, 0.3) is 0 Å². The molecular weight excluding hydrogens is 388 g/mol. The van der Waals surface area contributed by atoms with Gasteiger partial charge in [-0.25, -0.2) is 0 Å². The van der Waals surface area contributed by atoms with Gasteiger partial charge in [0.1, 0.15) is 24.2 Å². The first-order valence-electron chi connectivity index (χ1n) is 9.11. The highest BCUT2D eigenvalue weighted by atomic mass is 16.4. The highest BCUT2D eigenvalue weighted by Crippen LogP contribution is 2.09. The zero-order valence-corrected chi connectivity index (χ0v) is 16.8. The summed E-state index contributed by atoms with van der Waals surface area (Å²) in [4.78, 5) is 59.0. The molecule has 8 N–H and O–H groups in total. The lowest BCUT2D eigenvalue weighted by Gasteiger charge is -2.27. The van der Waals surface area contributed by atoms with Crippen molar-refractivity contribution in [2.45, 2.75) is 70.8 Å². The second-order valence-electron chi connectivity index (χ2n) is 6.87. The maximum absolute atomic E-state index is 12.6. The smallest absolute Gasteiger partial charge is 0.325 e. The fourth-order valence-electron chi connectivity index (χ4n) is 2.19. The highest BCUT2D eigenvalue weighted by Gasteiger charge is 2.33. The van der Waals surface area contributed by atoms with Crippen molar-refractivity contribution in [3.8, 4) is 0 Å². The molecule has 0 aliphatic heterocycles. The van der Waals surface area contributed by atoms with Gasteiger partial charge in [-0.3, -0.25) is 24.0 Å². The normalized spacial score (nSPS) is 17.0. The fourth-order valence-corrected chi connectivity index (χ4v) is 2.19. The van der Waals surface area contributed by atoms with Crippen molar-refractivity contribution >= 4 is 29.7 Å². The molecule has 0 heterocycles. The van der Waals surface area contributed by atoms with Gasteiger partial charge in [0, 0.05) is 0 Å². The molecule has 3 amide bonds. The summed E-state index contributed by atoms with van der Waals surface area (Å²) in [6.07, 6.45) is -1.58. The van der Waals surface area contributed by atoms with Crippen LogP contribution in [0.3, 0.4) is 0 Å². The number of hydrogen-bond acceptors (Lipinski definition) is 7. The van der Waals surface area contributed by atoms with Crippen molar-refractivity contribution in [3.05, 3.63) is 0 Å².